The molecule has 0 amide bonds. The molecule has 2 aliphatic carbocycles. The molecule has 3 heterocycles. The first kappa shape index (κ1) is 30.3. The molecule has 1 unspecified atom stereocenters. The lowest BCUT2D eigenvalue weighted by atomic mass is 9.61. The number of benzene rings is 1. The van der Waals surface area contributed by atoms with Crippen LogP contribution in [0.3, 0.4) is 0 Å². The van der Waals surface area contributed by atoms with Gasteiger partial charge in [0.2, 0.25) is 5.78 Å². The normalized spacial score (nSPS) is 21.6. The van der Waals surface area contributed by atoms with Gasteiger partial charge in [0.1, 0.15) is 10.7 Å². The van der Waals surface area contributed by atoms with Gasteiger partial charge in [-0.2, -0.15) is 18.3 Å². The quantitative estimate of drug-likeness (QED) is 0.152. The molecule has 1 fully saturated rings. The second-order valence-corrected chi connectivity index (χ2v) is 14.6. The molecule has 4 aromatic rings. The molecule has 0 radical (unpaired) electrons. The highest BCUT2D eigenvalue weighted by molar-refractivity contribution is 7.98. The van der Waals surface area contributed by atoms with Crippen LogP contribution in [0.15, 0.2) is 53.5 Å². The van der Waals surface area contributed by atoms with Crippen molar-refractivity contribution in [2.75, 3.05) is 0 Å². The van der Waals surface area contributed by atoms with Crippen molar-refractivity contribution in [1.82, 2.24) is 34.1 Å². The van der Waals surface area contributed by atoms with Crippen LogP contribution in [0.2, 0.25) is 0 Å². The third kappa shape index (κ3) is 5.09. The second-order valence-electron chi connectivity index (χ2n) is 11.4. The van der Waals surface area contributed by atoms with Crippen LogP contribution in [0.5, 0.6) is 0 Å². The topological polar surface area (TPSA) is 98.8 Å². The fourth-order valence-corrected chi connectivity index (χ4v) is 9.25. The molecule has 3 atom stereocenters. The summed E-state index contributed by atoms with van der Waals surface area (Å²) < 4.78 is 73.3. The number of hydrogen-bond donors (Lipinski definition) is 0. The van der Waals surface area contributed by atoms with Crippen molar-refractivity contribution in [3.05, 3.63) is 75.4 Å². The molecule has 0 N–H and O–H groups in total. The number of rotatable bonds is 7. The van der Waals surface area contributed by atoms with Crippen molar-refractivity contribution in [3.8, 4) is 5.69 Å². The molecule has 6 rings (SSSR count). The van der Waals surface area contributed by atoms with E-state index in [0.717, 1.165) is 5.57 Å². The van der Waals surface area contributed by atoms with Crippen molar-refractivity contribution >= 4 is 38.8 Å². The number of Topliss-reactive ketones (excluding diaryl/α,β-unsaturated/α-hetero) is 1. The number of alkyl halides is 3. The number of nitrogens with zero attached hydrogens (tertiary/aromatic N) is 7. The first-order valence-corrected chi connectivity index (χ1v) is 16.3. The molecule has 0 aliphatic heterocycles. The Morgan fingerprint density at radius 2 is 1.95 bits per heavy atom. The summed E-state index contributed by atoms with van der Waals surface area (Å²) in [5, 5.41) is 12.5. The van der Waals surface area contributed by atoms with Crippen LogP contribution in [0.25, 0.3) is 11.8 Å². The Morgan fingerprint density at radius 3 is 2.57 bits per heavy atom. The second kappa shape index (κ2) is 10.7. The van der Waals surface area contributed by atoms with E-state index in [9.17, 15) is 26.6 Å². The SMILES string of the molecule is C=S(=O)(c1cn(C)nn1)N(C(C)C)[C@H]1CCC2=Cc3c(cnn3-c3ccc(F)cc3)C[C@]2(C(=O)c2ncc(C(F)(F)F)s2)C1. The molecule has 232 valence electrons. The lowest BCUT2D eigenvalue weighted by molar-refractivity contribution is -0.134. The van der Waals surface area contributed by atoms with Crippen LogP contribution in [-0.4, -0.2) is 62.0 Å². The summed E-state index contributed by atoms with van der Waals surface area (Å²) in [6.07, 6.45) is 2.33. The summed E-state index contributed by atoms with van der Waals surface area (Å²) in [5.74, 6) is 3.14. The highest BCUT2D eigenvalue weighted by atomic mass is 32.2. The van der Waals surface area contributed by atoms with E-state index in [0.29, 0.717) is 47.3 Å². The van der Waals surface area contributed by atoms with Crippen LogP contribution < -0.4 is 0 Å². The van der Waals surface area contributed by atoms with Crippen LogP contribution in [0.1, 0.15) is 59.0 Å². The number of aryl methyl sites for hydroxylation is 1. The van der Waals surface area contributed by atoms with Crippen molar-refractivity contribution in [2.24, 2.45) is 12.5 Å². The molecule has 0 bridgehead atoms. The fraction of sp³-hybridized carbons (Fsp3) is 0.379. The summed E-state index contributed by atoms with van der Waals surface area (Å²) in [6.45, 7) is 3.76. The van der Waals surface area contributed by atoms with Gasteiger partial charge in [-0.05, 0) is 81.3 Å². The summed E-state index contributed by atoms with van der Waals surface area (Å²) in [5.41, 5.74) is 1.51. The molecule has 1 aromatic carbocycles. The van der Waals surface area contributed by atoms with Gasteiger partial charge in [-0.15, -0.1) is 16.4 Å². The van der Waals surface area contributed by atoms with Gasteiger partial charge in [-0.3, -0.25) is 9.48 Å². The smallest absolute Gasteiger partial charge is 0.290 e. The molecule has 2 aliphatic rings. The summed E-state index contributed by atoms with van der Waals surface area (Å²) >= 11 is 0.325. The number of carbonyl (C=O) groups excluding carboxylic acids is 1. The van der Waals surface area contributed by atoms with Crippen molar-refractivity contribution < 1.29 is 26.6 Å². The summed E-state index contributed by atoms with van der Waals surface area (Å²) in [7, 11) is -1.49. The Kier molecular flexibility index (Phi) is 7.40. The van der Waals surface area contributed by atoms with E-state index in [1.54, 1.807) is 40.6 Å². The molecule has 3 aromatic heterocycles. The third-order valence-corrected chi connectivity index (χ3v) is 11.5. The Morgan fingerprint density at radius 1 is 1.23 bits per heavy atom. The average Bonchev–Trinajstić information content (AvgIpc) is 3.71. The van der Waals surface area contributed by atoms with Gasteiger partial charge in [0.05, 0.1) is 45.1 Å². The molecule has 0 spiro atoms. The van der Waals surface area contributed by atoms with E-state index in [1.807, 2.05) is 19.9 Å². The Bertz CT molecular complexity index is 1870. The third-order valence-electron chi connectivity index (χ3n) is 8.24. The van der Waals surface area contributed by atoms with Crippen LogP contribution in [0, 0.1) is 11.2 Å². The minimum atomic E-state index is -4.64. The monoisotopic (exact) mass is 647 g/mol. The molecular formula is C29H29F4N7O2S2. The molecule has 9 nitrogen and oxygen atoms in total. The van der Waals surface area contributed by atoms with Crippen molar-refractivity contribution in [1.29, 1.82) is 0 Å². The van der Waals surface area contributed by atoms with E-state index in [2.05, 4.69) is 26.3 Å². The molecule has 1 saturated carbocycles. The van der Waals surface area contributed by atoms with Crippen LogP contribution in [0.4, 0.5) is 17.6 Å². The minimum Gasteiger partial charge on any atom is -0.290 e. The maximum absolute atomic E-state index is 14.4. The van der Waals surface area contributed by atoms with Crippen LogP contribution >= 0.6 is 11.3 Å². The van der Waals surface area contributed by atoms with E-state index in [4.69, 9.17) is 0 Å². The molecule has 0 saturated heterocycles. The fourth-order valence-electron chi connectivity index (χ4n) is 6.39. The van der Waals surface area contributed by atoms with Gasteiger partial charge in [0.15, 0.2) is 10.0 Å². The Labute approximate surface area is 255 Å². The summed E-state index contributed by atoms with van der Waals surface area (Å²) in [6, 6.07) is 5.13. The van der Waals surface area contributed by atoms with Gasteiger partial charge in [-0.25, -0.2) is 22.6 Å². The van der Waals surface area contributed by atoms with Gasteiger partial charge >= 0.3 is 6.18 Å². The van der Waals surface area contributed by atoms with Gasteiger partial charge in [0, 0.05) is 19.1 Å². The van der Waals surface area contributed by atoms with E-state index in [1.165, 1.54) is 16.8 Å². The number of aromatic nitrogens is 6. The van der Waals surface area contributed by atoms with Crippen molar-refractivity contribution in [3.63, 3.8) is 0 Å². The Balaban J connectivity index is 1.45. The first-order chi connectivity index (χ1) is 20.7. The number of halogens is 4. The van der Waals surface area contributed by atoms with Gasteiger partial charge < -0.3 is 0 Å². The lowest BCUT2D eigenvalue weighted by Gasteiger charge is -2.48. The lowest BCUT2D eigenvalue weighted by Crippen LogP contribution is -2.52. The number of thiazole rings is 1. The average molecular weight is 648 g/mol. The predicted molar refractivity (Wildman–Crippen MR) is 158 cm³/mol. The number of carbonyl (C=O) groups is 1. The minimum absolute atomic E-state index is 0.154. The number of ketones is 1. The zero-order valence-corrected chi connectivity index (χ0v) is 25.7. The molecular weight excluding hydrogens is 618 g/mol. The van der Waals surface area contributed by atoms with Crippen molar-refractivity contribution in [2.45, 2.75) is 62.8 Å². The van der Waals surface area contributed by atoms with Crippen LogP contribution in [-0.2, 0) is 29.4 Å². The first-order valence-electron chi connectivity index (χ1n) is 13.8. The van der Waals surface area contributed by atoms with Gasteiger partial charge in [-0.1, -0.05) is 10.8 Å². The predicted octanol–water partition coefficient (Wildman–Crippen LogP) is 5.38. The maximum atomic E-state index is 14.4. The van der Waals surface area contributed by atoms with E-state index in [-0.39, 0.29) is 28.9 Å². The number of hydrogen-bond acceptors (Lipinski definition) is 7. The maximum Gasteiger partial charge on any atom is 0.427 e. The summed E-state index contributed by atoms with van der Waals surface area (Å²) in [4.78, 5) is 17.4. The number of allylic oxidation sites excluding steroid dienone is 1. The highest BCUT2D eigenvalue weighted by Crippen LogP contribution is 2.52. The molecule has 15 heteroatoms. The zero-order valence-electron chi connectivity index (χ0n) is 24.1. The molecule has 44 heavy (non-hydrogen) atoms. The Hall–Kier alpha value is -3.69. The zero-order chi connectivity index (χ0) is 31.6. The largest absolute Gasteiger partial charge is 0.427 e. The van der Waals surface area contributed by atoms with E-state index >= 15 is 0 Å². The highest BCUT2D eigenvalue weighted by Gasteiger charge is 2.52. The standard InChI is InChI=1S/C29H29F4N7O2S2/c1-17(2)40(44(4,42)25-16-38(3)37-36-25)22-8-5-19-11-23-18(14-35-39(23)21-9-6-20(30)7-10-21)12-28(19,13-22)26(41)27-34-15-24(43-27)29(31,32)33/h6-7,9-11,14-17,22H,4-5,8,12-13H2,1-3H3/t22-,28-,44?/m0/s1. The number of fused-ring (bicyclic) bond motifs is 2. The van der Waals surface area contributed by atoms with E-state index < -0.39 is 43.8 Å². The van der Waals surface area contributed by atoms with Gasteiger partial charge in [0.25, 0.3) is 0 Å².